The molecular weight excluding hydrogens is 322 g/mol. The Kier molecular flexibility index (Phi) is 3.87. The average molecular weight is 341 g/mol. The van der Waals surface area contributed by atoms with Gasteiger partial charge in [0.25, 0.3) is 0 Å². The normalized spacial score (nSPS) is 22.2. The number of hydrogen-bond donors (Lipinski definition) is 0. The molecule has 2 fully saturated rings. The summed E-state index contributed by atoms with van der Waals surface area (Å²) >= 11 is 0. The predicted octanol–water partition coefficient (Wildman–Crippen LogP) is 1.39. The van der Waals surface area contributed by atoms with Crippen molar-refractivity contribution in [3.63, 3.8) is 0 Å². The first-order valence-corrected chi connectivity index (χ1v) is 8.35. The quantitative estimate of drug-likeness (QED) is 0.620. The summed E-state index contributed by atoms with van der Waals surface area (Å²) in [5.41, 5.74) is 1.14. The number of anilines is 1. The summed E-state index contributed by atoms with van der Waals surface area (Å²) in [4.78, 5) is 26.9. The zero-order valence-corrected chi connectivity index (χ0v) is 13.7. The van der Waals surface area contributed by atoms with Gasteiger partial charge in [-0.25, -0.2) is 0 Å². The SMILES string of the molecule is O=C(Cn1cc([N+](=O)[O-])cn1)N1C[C@H]2CN(c3ccccc3)C[C@@H]2C1. The van der Waals surface area contributed by atoms with E-state index in [2.05, 4.69) is 22.1 Å². The maximum absolute atomic E-state index is 12.5. The second-order valence-electron chi connectivity index (χ2n) is 6.71. The third-order valence-corrected chi connectivity index (χ3v) is 5.09. The third-order valence-electron chi connectivity index (χ3n) is 5.09. The summed E-state index contributed by atoms with van der Waals surface area (Å²) in [6.07, 6.45) is 2.47. The van der Waals surface area contributed by atoms with Gasteiger partial charge in [-0.1, -0.05) is 18.2 Å². The molecule has 2 aliphatic rings. The van der Waals surface area contributed by atoms with Crippen LogP contribution in [0.5, 0.6) is 0 Å². The van der Waals surface area contributed by atoms with Gasteiger partial charge in [-0.2, -0.15) is 5.10 Å². The number of carbonyl (C=O) groups excluding carboxylic acids is 1. The van der Waals surface area contributed by atoms with E-state index in [-0.39, 0.29) is 18.1 Å². The lowest BCUT2D eigenvalue weighted by Gasteiger charge is -2.23. The highest BCUT2D eigenvalue weighted by Gasteiger charge is 2.41. The molecule has 0 saturated carbocycles. The van der Waals surface area contributed by atoms with Crippen LogP contribution in [-0.4, -0.2) is 51.7 Å². The molecule has 2 aliphatic heterocycles. The van der Waals surface area contributed by atoms with Crippen molar-refractivity contribution in [2.24, 2.45) is 11.8 Å². The number of carbonyl (C=O) groups is 1. The second kappa shape index (κ2) is 6.19. The van der Waals surface area contributed by atoms with Crippen molar-refractivity contribution in [3.8, 4) is 0 Å². The third kappa shape index (κ3) is 3.07. The fourth-order valence-corrected chi connectivity index (χ4v) is 3.82. The Hall–Kier alpha value is -2.90. The van der Waals surface area contributed by atoms with Gasteiger partial charge in [0.1, 0.15) is 18.9 Å². The maximum Gasteiger partial charge on any atom is 0.307 e. The lowest BCUT2D eigenvalue weighted by molar-refractivity contribution is -0.385. The topological polar surface area (TPSA) is 84.5 Å². The number of aromatic nitrogens is 2. The summed E-state index contributed by atoms with van der Waals surface area (Å²) in [6, 6.07) is 10.3. The molecule has 25 heavy (non-hydrogen) atoms. The Morgan fingerprint density at radius 3 is 2.44 bits per heavy atom. The van der Waals surface area contributed by atoms with E-state index < -0.39 is 4.92 Å². The van der Waals surface area contributed by atoms with E-state index in [1.165, 1.54) is 22.8 Å². The predicted molar refractivity (Wildman–Crippen MR) is 91.1 cm³/mol. The van der Waals surface area contributed by atoms with Crippen molar-refractivity contribution in [1.29, 1.82) is 0 Å². The van der Waals surface area contributed by atoms with Crippen LogP contribution in [-0.2, 0) is 11.3 Å². The van der Waals surface area contributed by atoms with Gasteiger partial charge in [0, 0.05) is 43.7 Å². The average Bonchev–Trinajstić information content (AvgIpc) is 3.29. The first kappa shape index (κ1) is 15.6. The van der Waals surface area contributed by atoms with Gasteiger partial charge in [0.15, 0.2) is 0 Å². The number of benzene rings is 1. The standard InChI is InChI=1S/C17H19N5O3/c23-17(12-21-11-16(6-18-21)22(24)25)20-9-13-7-19(8-14(13)10-20)15-4-2-1-3-5-15/h1-6,11,13-14H,7-10,12H2/t13-,14-/m1/s1. The molecule has 0 aliphatic carbocycles. The molecule has 2 saturated heterocycles. The Morgan fingerprint density at radius 2 is 1.84 bits per heavy atom. The van der Waals surface area contributed by atoms with Crippen molar-refractivity contribution in [3.05, 3.63) is 52.8 Å². The van der Waals surface area contributed by atoms with Crippen LogP contribution < -0.4 is 4.90 Å². The highest BCUT2D eigenvalue weighted by Crippen LogP contribution is 2.33. The van der Waals surface area contributed by atoms with E-state index in [9.17, 15) is 14.9 Å². The zero-order chi connectivity index (χ0) is 17.4. The first-order chi connectivity index (χ1) is 12.1. The fourth-order valence-electron chi connectivity index (χ4n) is 3.82. The van der Waals surface area contributed by atoms with E-state index in [0.29, 0.717) is 11.8 Å². The van der Waals surface area contributed by atoms with Crippen molar-refractivity contribution in [1.82, 2.24) is 14.7 Å². The number of likely N-dealkylation sites (tertiary alicyclic amines) is 1. The molecule has 0 radical (unpaired) electrons. The van der Waals surface area contributed by atoms with Crippen LogP contribution in [0, 0.1) is 22.0 Å². The Bertz CT molecular complexity index is 777. The van der Waals surface area contributed by atoms with Gasteiger partial charge >= 0.3 is 5.69 Å². The van der Waals surface area contributed by atoms with E-state index in [1.807, 2.05) is 23.1 Å². The number of nitro groups is 1. The number of fused-ring (bicyclic) bond motifs is 1. The highest BCUT2D eigenvalue weighted by molar-refractivity contribution is 5.76. The molecule has 8 nitrogen and oxygen atoms in total. The highest BCUT2D eigenvalue weighted by atomic mass is 16.6. The van der Waals surface area contributed by atoms with Crippen LogP contribution >= 0.6 is 0 Å². The largest absolute Gasteiger partial charge is 0.371 e. The van der Waals surface area contributed by atoms with Gasteiger partial charge in [-0.05, 0) is 12.1 Å². The van der Waals surface area contributed by atoms with Gasteiger partial charge in [0.2, 0.25) is 5.91 Å². The van der Waals surface area contributed by atoms with Crippen LogP contribution in [0.1, 0.15) is 0 Å². The summed E-state index contributed by atoms with van der Waals surface area (Å²) in [7, 11) is 0. The van der Waals surface area contributed by atoms with E-state index in [4.69, 9.17) is 0 Å². The van der Waals surface area contributed by atoms with Crippen LogP contribution in [0.3, 0.4) is 0 Å². The summed E-state index contributed by atoms with van der Waals surface area (Å²) in [6.45, 7) is 3.47. The molecule has 2 atom stereocenters. The molecule has 1 aromatic heterocycles. The lowest BCUT2D eigenvalue weighted by Crippen LogP contribution is -2.35. The molecule has 8 heteroatoms. The van der Waals surface area contributed by atoms with Gasteiger partial charge < -0.3 is 9.80 Å². The zero-order valence-electron chi connectivity index (χ0n) is 13.7. The van der Waals surface area contributed by atoms with Crippen LogP contribution in [0.25, 0.3) is 0 Å². The molecule has 0 bridgehead atoms. The van der Waals surface area contributed by atoms with E-state index in [1.54, 1.807) is 0 Å². The molecule has 1 amide bonds. The van der Waals surface area contributed by atoms with Gasteiger partial charge in [-0.3, -0.25) is 19.6 Å². The van der Waals surface area contributed by atoms with Crippen LogP contribution in [0.15, 0.2) is 42.7 Å². The van der Waals surface area contributed by atoms with Crippen LogP contribution in [0.4, 0.5) is 11.4 Å². The molecule has 3 heterocycles. The first-order valence-electron chi connectivity index (χ1n) is 8.35. The van der Waals surface area contributed by atoms with Gasteiger partial charge in [0.05, 0.1) is 4.92 Å². The van der Waals surface area contributed by atoms with Crippen molar-refractivity contribution >= 4 is 17.3 Å². The van der Waals surface area contributed by atoms with Crippen molar-refractivity contribution in [2.45, 2.75) is 6.54 Å². The molecular formula is C17H19N5O3. The minimum absolute atomic E-state index is 0.0290. The minimum Gasteiger partial charge on any atom is -0.371 e. The Balaban J connectivity index is 1.34. The number of para-hydroxylation sites is 1. The minimum atomic E-state index is -0.508. The second-order valence-corrected chi connectivity index (χ2v) is 6.71. The summed E-state index contributed by atoms with van der Waals surface area (Å²) in [5.74, 6) is 0.936. The molecule has 0 unspecified atom stereocenters. The van der Waals surface area contributed by atoms with Crippen LogP contribution in [0.2, 0.25) is 0 Å². The summed E-state index contributed by atoms with van der Waals surface area (Å²) in [5, 5.41) is 14.6. The number of hydrogen-bond acceptors (Lipinski definition) is 5. The molecule has 2 aromatic rings. The van der Waals surface area contributed by atoms with Crippen molar-refractivity contribution in [2.75, 3.05) is 31.1 Å². The molecule has 0 N–H and O–H groups in total. The Morgan fingerprint density at radius 1 is 1.16 bits per heavy atom. The maximum atomic E-state index is 12.5. The van der Waals surface area contributed by atoms with Crippen molar-refractivity contribution < 1.29 is 9.72 Å². The fraction of sp³-hybridized carbons (Fsp3) is 0.412. The number of amides is 1. The number of rotatable bonds is 4. The molecule has 1 aromatic carbocycles. The molecule has 0 spiro atoms. The smallest absolute Gasteiger partial charge is 0.307 e. The van der Waals surface area contributed by atoms with E-state index >= 15 is 0 Å². The lowest BCUT2D eigenvalue weighted by atomic mass is 10.0. The van der Waals surface area contributed by atoms with E-state index in [0.717, 1.165) is 26.2 Å². The summed E-state index contributed by atoms with van der Waals surface area (Å²) < 4.78 is 1.34. The molecule has 130 valence electrons. The monoisotopic (exact) mass is 341 g/mol. The van der Waals surface area contributed by atoms with Gasteiger partial charge in [-0.15, -0.1) is 0 Å². The Labute approximate surface area is 144 Å². The molecule has 4 rings (SSSR count). The number of nitrogens with zero attached hydrogens (tertiary/aromatic N) is 5.